The fourth-order valence-corrected chi connectivity index (χ4v) is 1.79. The number of methoxy groups -OCH3 is 1. The number of alkyl halides is 3. The minimum Gasteiger partial charge on any atom is -0.464 e. The normalized spacial score (nSPS) is 13.0. The van der Waals surface area contributed by atoms with E-state index in [2.05, 4.69) is 15.0 Å². The molecule has 6 nitrogen and oxygen atoms in total. The largest absolute Gasteiger partial charge is 0.464 e. The van der Waals surface area contributed by atoms with E-state index in [9.17, 15) is 23.1 Å². The van der Waals surface area contributed by atoms with Crippen LogP contribution in [0.15, 0.2) is 30.5 Å². The van der Waals surface area contributed by atoms with Crippen molar-refractivity contribution in [3.8, 4) is 0 Å². The second-order valence-corrected chi connectivity index (χ2v) is 4.46. The quantitative estimate of drug-likeness (QED) is 0.871. The van der Waals surface area contributed by atoms with Crippen LogP contribution < -0.4 is 0 Å². The third-order valence-corrected chi connectivity index (χ3v) is 2.89. The van der Waals surface area contributed by atoms with Crippen LogP contribution in [0.4, 0.5) is 13.2 Å². The van der Waals surface area contributed by atoms with Gasteiger partial charge in [-0.05, 0) is 17.7 Å². The molecule has 0 amide bonds. The van der Waals surface area contributed by atoms with Gasteiger partial charge in [0.2, 0.25) is 0 Å². The highest BCUT2D eigenvalue weighted by atomic mass is 19.4. The number of hydrogen-bond acceptors (Lipinski definition) is 5. The summed E-state index contributed by atoms with van der Waals surface area (Å²) in [4.78, 5) is 11.2. The smallest absolute Gasteiger partial charge is 0.416 e. The van der Waals surface area contributed by atoms with Crippen LogP contribution in [0, 0.1) is 0 Å². The Bertz CT molecular complexity index is 670. The number of rotatable bonds is 4. The highest BCUT2D eigenvalue weighted by Crippen LogP contribution is 2.30. The lowest BCUT2D eigenvalue weighted by atomic mass is 10.1. The number of hydrogen-bond donors (Lipinski definition) is 1. The molecule has 1 aromatic carbocycles. The van der Waals surface area contributed by atoms with E-state index in [-0.39, 0.29) is 17.8 Å². The van der Waals surface area contributed by atoms with Crippen molar-refractivity contribution in [1.29, 1.82) is 0 Å². The fraction of sp³-hybridized carbons (Fsp3) is 0.308. The first-order valence-electron chi connectivity index (χ1n) is 6.15. The number of aliphatic hydroxyl groups excluding tert-OH is 1. The number of aliphatic hydroxyl groups is 1. The van der Waals surface area contributed by atoms with Crippen molar-refractivity contribution < 1.29 is 27.8 Å². The molecule has 1 aromatic heterocycles. The highest BCUT2D eigenvalue weighted by molar-refractivity contribution is 5.86. The van der Waals surface area contributed by atoms with Gasteiger partial charge in [-0.25, -0.2) is 9.48 Å². The maximum Gasteiger partial charge on any atom is 0.416 e. The molecule has 1 atom stereocenters. The van der Waals surface area contributed by atoms with Gasteiger partial charge in [-0.1, -0.05) is 17.3 Å². The minimum absolute atomic E-state index is 0.0567. The lowest BCUT2D eigenvalue weighted by Crippen LogP contribution is -2.11. The van der Waals surface area contributed by atoms with E-state index >= 15 is 0 Å². The Hall–Kier alpha value is -2.42. The molecule has 22 heavy (non-hydrogen) atoms. The maximum absolute atomic E-state index is 12.6. The average Bonchev–Trinajstić information content (AvgIpc) is 2.94. The minimum atomic E-state index is -4.49. The van der Waals surface area contributed by atoms with Crippen molar-refractivity contribution in [2.45, 2.75) is 18.8 Å². The van der Waals surface area contributed by atoms with Gasteiger partial charge in [0.25, 0.3) is 0 Å². The van der Waals surface area contributed by atoms with Gasteiger partial charge in [0.15, 0.2) is 5.69 Å². The van der Waals surface area contributed by atoms with Crippen molar-refractivity contribution >= 4 is 5.97 Å². The van der Waals surface area contributed by atoms with Crippen molar-refractivity contribution in [2.75, 3.05) is 7.11 Å². The van der Waals surface area contributed by atoms with Crippen molar-refractivity contribution in [3.63, 3.8) is 0 Å². The predicted molar refractivity (Wildman–Crippen MR) is 67.8 cm³/mol. The molecule has 0 aliphatic rings. The van der Waals surface area contributed by atoms with Gasteiger partial charge in [0, 0.05) is 0 Å². The molecule has 0 fully saturated rings. The maximum atomic E-state index is 12.6. The number of aromatic nitrogens is 3. The SMILES string of the molecule is COC(=O)c1cn(CC(O)c2cccc(C(F)(F)F)c2)nn1. The van der Waals surface area contributed by atoms with E-state index in [1.165, 1.54) is 25.4 Å². The molecule has 1 heterocycles. The van der Waals surface area contributed by atoms with Crippen LogP contribution in [0.2, 0.25) is 0 Å². The average molecular weight is 315 g/mol. The summed E-state index contributed by atoms with van der Waals surface area (Å²) in [7, 11) is 1.18. The lowest BCUT2D eigenvalue weighted by molar-refractivity contribution is -0.137. The van der Waals surface area contributed by atoms with Crippen LogP contribution in [0.25, 0.3) is 0 Å². The first-order chi connectivity index (χ1) is 10.3. The van der Waals surface area contributed by atoms with E-state index in [1.54, 1.807) is 0 Å². The number of esters is 1. The van der Waals surface area contributed by atoms with Crippen LogP contribution in [0.3, 0.4) is 0 Å². The number of benzene rings is 1. The van der Waals surface area contributed by atoms with Crippen molar-refractivity contribution in [1.82, 2.24) is 15.0 Å². The molecule has 1 N–H and O–H groups in total. The zero-order valence-electron chi connectivity index (χ0n) is 11.4. The number of halogens is 3. The molecule has 118 valence electrons. The van der Waals surface area contributed by atoms with Gasteiger partial charge in [-0.3, -0.25) is 0 Å². The summed E-state index contributed by atoms with van der Waals surface area (Å²) in [6, 6.07) is 4.37. The fourth-order valence-electron chi connectivity index (χ4n) is 1.79. The lowest BCUT2D eigenvalue weighted by Gasteiger charge is -2.13. The molecule has 0 saturated heterocycles. The Kier molecular flexibility index (Phi) is 4.45. The van der Waals surface area contributed by atoms with Crippen LogP contribution in [-0.4, -0.2) is 33.2 Å². The van der Waals surface area contributed by atoms with Gasteiger partial charge in [-0.15, -0.1) is 5.10 Å². The first kappa shape index (κ1) is 16.0. The Labute approximate surface area is 123 Å². The zero-order chi connectivity index (χ0) is 16.3. The molecular weight excluding hydrogens is 303 g/mol. The van der Waals surface area contributed by atoms with Crippen molar-refractivity contribution in [2.24, 2.45) is 0 Å². The Balaban J connectivity index is 2.14. The summed E-state index contributed by atoms with van der Waals surface area (Å²) < 4.78 is 43.5. The van der Waals surface area contributed by atoms with E-state index < -0.39 is 23.8 Å². The van der Waals surface area contributed by atoms with Gasteiger partial charge < -0.3 is 9.84 Å². The van der Waals surface area contributed by atoms with Crippen LogP contribution >= 0.6 is 0 Å². The van der Waals surface area contributed by atoms with E-state index in [0.29, 0.717) is 0 Å². The highest BCUT2D eigenvalue weighted by Gasteiger charge is 2.30. The molecule has 0 bridgehead atoms. The van der Waals surface area contributed by atoms with Gasteiger partial charge in [0.1, 0.15) is 0 Å². The summed E-state index contributed by atoms with van der Waals surface area (Å²) in [5, 5.41) is 17.1. The number of carbonyl (C=O) groups excluding carboxylic acids is 1. The molecular formula is C13H12F3N3O3. The zero-order valence-corrected chi connectivity index (χ0v) is 11.4. The molecule has 9 heteroatoms. The van der Waals surface area contributed by atoms with Gasteiger partial charge >= 0.3 is 12.1 Å². The van der Waals surface area contributed by atoms with E-state index in [0.717, 1.165) is 16.8 Å². The number of nitrogens with zero attached hydrogens (tertiary/aromatic N) is 3. The molecule has 0 aliphatic heterocycles. The molecule has 2 rings (SSSR count). The molecule has 0 radical (unpaired) electrons. The van der Waals surface area contributed by atoms with Gasteiger partial charge in [-0.2, -0.15) is 13.2 Å². The summed E-state index contributed by atoms with van der Waals surface area (Å²) in [6.45, 7) is -0.148. The topological polar surface area (TPSA) is 77.2 Å². The number of ether oxygens (including phenoxy) is 1. The summed E-state index contributed by atoms with van der Waals surface area (Å²) >= 11 is 0. The molecule has 2 aromatic rings. The monoisotopic (exact) mass is 315 g/mol. The van der Waals surface area contributed by atoms with E-state index in [1.807, 2.05) is 0 Å². The third kappa shape index (κ3) is 3.61. The molecule has 0 aliphatic carbocycles. The summed E-state index contributed by atoms with van der Waals surface area (Å²) in [6.07, 6.45) is -4.47. The standard InChI is InChI=1S/C13H12F3N3O3/c1-22-12(21)10-6-19(18-17-10)7-11(20)8-3-2-4-9(5-8)13(14,15)16/h2-6,11,20H,7H2,1H3. The van der Waals surface area contributed by atoms with Crippen LogP contribution in [-0.2, 0) is 17.5 Å². The summed E-state index contributed by atoms with van der Waals surface area (Å²) in [5.41, 5.74) is -0.818. The van der Waals surface area contributed by atoms with Gasteiger partial charge in [0.05, 0.1) is 31.5 Å². The molecule has 1 unspecified atom stereocenters. The van der Waals surface area contributed by atoms with E-state index in [4.69, 9.17) is 0 Å². The molecule has 0 saturated carbocycles. The Morgan fingerprint density at radius 2 is 2.18 bits per heavy atom. The van der Waals surface area contributed by atoms with Crippen LogP contribution in [0.5, 0.6) is 0 Å². The second kappa shape index (κ2) is 6.14. The first-order valence-corrected chi connectivity index (χ1v) is 6.15. The predicted octanol–water partition coefficient (Wildman–Crippen LogP) is 1.82. The Morgan fingerprint density at radius 1 is 1.45 bits per heavy atom. The second-order valence-electron chi connectivity index (χ2n) is 4.46. The Morgan fingerprint density at radius 3 is 2.82 bits per heavy atom. The molecule has 0 spiro atoms. The third-order valence-electron chi connectivity index (χ3n) is 2.89. The summed E-state index contributed by atoms with van der Waals surface area (Å²) in [5.74, 6) is -0.695. The van der Waals surface area contributed by atoms with Crippen molar-refractivity contribution in [3.05, 3.63) is 47.3 Å². The van der Waals surface area contributed by atoms with Crippen LogP contribution in [0.1, 0.15) is 27.7 Å². The number of carbonyl (C=O) groups is 1.